The predicted molar refractivity (Wildman–Crippen MR) is 78.5 cm³/mol. The van der Waals surface area contributed by atoms with Crippen LogP contribution in [0.2, 0.25) is 0 Å². The Hall–Kier alpha value is -2.80. The summed E-state index contributed by atoms with van der Waals surface area (Å²) < 4.78 is 10.9. The van der Waals surface area contributed by atoms with E-state index in [0.717, 1.165) is 5.56 Å². The van der Waals surface area contributed by atoms with Gasteiger partial charge in [0.25, 0.3) is 0 Å². The van der Waals surface area contributed by atoms with E-state index in [1.54, 1.807) is 37.4 Å². The summed E-state index contributed by atoms with van der Waals surface area (Å²) >= 11 is 0. The zero-order valence-corrected chi connectivity index (χ0v) is 11.9. The predicted octanol–water partition coefficient (Wildman–Crippen LogP) is 3.35. The van der Waals surface area contributed by atoms with Crippen LogP contribution in [0.15, 0.2) is 42.5 Å². The highest BCUT2D eigenvalue weighted by Crippen LogP contribution is 2.26. The molecule has 0 aliphatic carbocycles. The van der Waals surface area contributed by atoms with Crippen LogP contribution in [0.4, 0.5) is 0 Å². The standard InChI is InChI=1S/C17H15NO3/c1-12(19)16-8-7-15(20-2)9-17(16)21-11-14-6-4-3-5-13(14)10-18/h3-9H,11H2,1-2H3. The molecular formula is C17H15NO3. The van der Waals surface area contributed by atoms with E-state index < -0.39 is 0 Å². The lowest BCUT2D eigenvalue weighted by Gasteiger charge is -2.12. The van der Waals surface area contributed by atoms with Gasteiger partial charge < -0.3 is 9.47 Å². The summed E-state index contributed by atoms with van der Waals surface area (Å²) in [6, 6.07) is 14.4. The van der Waals surface area contributed by atoms with Crippen LogP contribution in [0.25, 0.3) is 0 Å². The third kappa shape index (κ3) is 3.40. The minimum atomic E-state index is -0.0822. The van der Waals surface area contributed by atoms with Gasteiger partial charge in [-0.25, -0.2) is 0 Å². The van der Waals surface area contributed by atoms with Crippen molar-refractivity contribution in [3.05, 3.63) is 59.2 Å². The molecule has 0 atom stereocenters. The quantitative estimate of drug-likeness (QED) is 0.788. The number of methoxy groups -OCH3 is 1. The van der Waals surface area contributed by atoms with Gasteiger partial charge in [0.1, 0.15) is 18.1 Å². The molecule has 2 aromatic carbocycles. The van der Waals surface area contributed by atoms with Crippen LogP contribution in [-0.2, 0) is 6.61 Å². The minimum Gasteiger partial charge on any atom is -0.497 e. The zero-order chi connectivity index (χ0) is 15.2. The molecule has 0 radical (unpaired) electrons. The lowest BCUT2D eigenvalue weighted by atomic mass is 10.1. The van der Waals surface area contributed by atoms with Crippen molar-refractivity contribution in [3.63, 3.8) is 0 Å². The molecule has 4 heteroatoms. The first-order valence-electron chi connectivity index (χ1n) is 6.45. The van der Waals surface area contributed by atoms with E-state index in [4.69, 9.17) is 14.7 Å². The number of hydrogen-bond acceptors (Lipinski definition) is 4. The lowest BCUT2D eigenvalue weighted by molar-refractivity contribution is 0.101. The fourth-order valence-corrected chi connectivity index (χ4v) is 1.95. The first-order valence-corrected chi connectivity index (χ1v) is 6.45. The summed E-state index contributed by atoms with van der Waals surface area (Å²) in [5.74, 6) is 0.986. The van der Waals surface area contributed by atoms with Crippen molar-refractivity contribution in [2.75, 3.05) is 7.11 Å². The van der Waals surface area contributed by atoms with Gasteiger partial charge in [0.2, 0.25) is 0 Å². The van der Waals surface area contributed by atoms with Gasteiger partial charge in [-0.2, -0.15) is 5.26 Å². The van der Waals surface area contributed by atoms with Crippen molar-refractivity contribution in [1.82, 2.24) is 0 Å². The molecule has 2 rings (SSSR count). The van der Waals surface area contributed by atoms with Gasteiger partial charge in [0, 0.05) is 11.6 Å². The van der Waals surface area contributed by atoms with Gasteiger partial charge in [0.15, 0.2) is 5.78 Å². The molecule has 0 fully saturated rings. The van der Waals surface area contributed by atoms with Crippen molar-refractivity contribution in [2.24, 2.45) is 0 Å². The van der Waals surface area contributed by atoms with E-state index in [0.29, 0.717) is 22.6 Å². The van der Waals surface area contributed by atoms with Gasteiger partial charge in [-0.15, -0.1) is 0 Å². The summed E-state index contributed by atoms with van der Waals surface area (Å²) in [4.78, 5) is 11.6. The largest absolute Gasteiger partial charge is 0.497 e. The molecule has 0 heterocycles. The Morgan fingerprint density at radius 1 is 1.24 bits per heavy atom. The van der Waals surface area contributed by atoms with Crippen LogP contribution in [0.3, 0.4) is 0 Å². The highest BCUT2D eigenvalue weighted by atomic mass is 16.5. The Morgan fingerprint density at radius 2 is 2.00 bits per heavy atom. The molecule has 0 unspecified atom stereocenters. The molecule has 106 valence electrons. The molecule has 21 heavy (non-hydrogen) atoms. The number of nitriles is 1. The smallest absolute Gasteiger partial charge is 0.163 e. The summed E-state index contributed by atoms with van der Waals surface area (Å²) in [7, 11) is 1.55. The number of rotatable bonds is 5. The van der Waals surface area contributed by atoms with Gasteiger partial charge in [-0.05, 0) is 25.1 Å². The van der Waals surface area contributed by atoms with Crippen molar-refractivity contribution in [1.29, 1.82) is 5.26 Å². The number of hydrogen-bond donors (Lipinski definition) is 0. The highest BCUT2D eigenvalue weighted by molar-refractivity contribution is 5.97. The molecule has 0 aliphatic heterocycles. The van der Waals surface area contributed by atoms with E-state index in [9.17, 15) is 4.79 Å². The normalized spacial score (nSPS) is 9.76. The maximum atomic E-state index is 11.6. The fraction of sp³-hybridized carbons (Fsp3) is 0.176. The molecule has 0 N–H and O–H groups in total. The summed E-state index contributed by atoms with van der Waals surface area (Å²) in [5.41, 5.74) is 1.83. The molecule has 0 spiro atoms. The van der Waals surface area contributed by atoms with Gasteiger partial charge in [-0.3, -0.25) is 4.79 Å². The lowest BCUT2D eigenvalue weighted by Crippen LogP contribution is -2.03. The second-order valence-electron chi connectivity index (χ2n) is 4.48. The zero-order valence-electron chi connectivity index (χ0n) is 11.9. The number of benzene rings is 2. The molecule has 4 nitrogen and oxygen atoms in total. The van der Waals surface area contributed by atoms with E-state index in [1.165, 1.54) is 6.92 Å². The van der Waals surface area contributed by atoms with Crippen molar-refractivity contribution >= 4 is 5.78 Å². The minimum absolute atomic E-state index is 0.0822. The first kappa shape index (κ1) is 14.6. The molecule has 0 saturated heterocycles. The Morgan fingerprint density at radius 3 is 2.67 bits per heavy atom. The number of ketones is 1. The molecule has 0 amide bonds. The van der Waals surface area contributed by atoms with Gasteiger partial charge in [0.05, 0.1) is 24.3 Å². The maximum absolute atomic E-state index is 11.6. The molecule has 0 aromatic heterocycles. The Bertz CT molecular complexity index is 701. The van der Waals surface area contributed by atoms with Crippen LogP contribution < -0.4 is 9.47 Å². The highest BCUT2D eigenvalue weighted by Gasteiger charge is 2.11. The Kier molecular flexibility index (Phi) is 4.57. The number of carbonyl (C=O) groups excluding carboxylic acids is 1. The first-order chi connectivity index (χ1) is 10.2. The van der Waals surface area contributed by atoms with Crippen LogP contribution in [0, 0.1) is 11.3 Å². The average Bonchev–Trinajstić information content (AvgIpc) is 2.52. The average molecular weight is 281 g/mol. The fourth-order valence-electron chi connectivity index (χ4n) is 1.95. The number of Topliss-reactive ketones (excluding diaryl/α,β-unsaturated/α-hetero) is 1. The van der Waals surface area contributed by atoms with Crippen molar-refractivity contribution in [3.8, 4) is 17.6 Å². The second kappa shape index (κ2) is 6.58. The summed E-state index contributed by atoms with van der Waals surface area (Å²) in [6.07, 6.45) is 0. The monoisotopic (exact) mass is 281 g/mol. The number of carbonyl (C=O) groups is 1. The van der Waals surface area contributed by atoms with Crippen LogP contribution >= 0.6 is 0 Å². The summed E-state index contributed by atoms with van der Waals surface area (Å²) in [5, 5.41) is 9.06. The molecule has 0 aliphatic rings. The Labute approximate surface area is 123 Å². The third-order valence-corrected chi connectivity index (χ3v) is 3.09. The molecule has 0 saturated carbocycles. The van der Waals surface area contributed by atoms with E-state index in [1.807, 2.05) is 12.1 Å². The van der Waals surface area contributed by atoms with Crippen molar-refractivity contribution < 1.29 is 14.3 Å². The van der Waals surface area contributed by atoms with Gasteiger partial charge >= 0.3 is 0 Å². The molecular weight excluding hydrogens is 266 g/mol. The third-order valence-electron chi connectivity index (χ3n) is 3.09. The topological polar surface area (TPSA) is 59.3 Å². The van der Waals surface area contributed by atoms with E-state index in [2.05, 4.69) is 6.07 Å². The van der Waals surface area contributed by atoms with E-state index in [-0.39, 0.29) is 12.4 Å². The van der Waals surface area contributed by atoms with Crippen LogP contribution in [-0.4, -0.2) is 12.9 Å². The number of nitrogens with zero attached hydrogens (tertiary/aromatic N) is 1. The Balaban J connectivity index is 2.27. The second-order valence-corrected chi connectivity index (χ2v) is 4.48. The van der Waals surface area contributed by atoms with Crippen LogP contribution in [0.1, 0.15) is 28.4 Å². The SMILES string of the molecule is COc1ccc(C(C)=O)c(OCc2ccccc2C#N)c1. The summed E-state index contributed by atoms with van der Waals surface area (Å²) in [6.45, 7) is 1.70. The number of ether oxygens (including phenoxy) is 2. The molecule has 0 bridgehead atoms. The maximum Gasteiger partial charge on any atom is 0.163 e. The van der Waals surface area contributed by atoms with Crippen LogP contribution in [0.5, 0.6) is 11.5 Å². The molecule has 2 aromatic rings. The van der Waals surface area contributed by atoms with Crippen molar-refractivity contribution in [2.45, 2.75) is 13.5 Å². The van der Waals surface area contributed by atoms with E-state index >= 15 is 0 Å². The van der Waals surface area contributed by atoms with Gasteiger partial charge in [-0.1, -0.05) is 18.2 Å².